The highest BCUT2D eigenvalue weighted by molar-refractivity contribution is 5.97. The van der Waals surface area contributed by atoms with E-state index in [2.05, 4.69) is 20.4 Å². The molecule has 0 bridgehead atoms. The van der Waals surface area contributed by atoms with E-state index in [9.17, 15) is 18.7 Å². The summed E-state index contributed by atoms with van der Waals surface area (Å²) in [6, 6.07) is 6.85. The molecule has 0 spiro atoms. The Balaban J connectivity index is 1.59. The number of rotatable bonds is 9. The molecule has 0 aliphatic heterocycles. The number of hydrogen-bond acceptors (Lipinski definition) is 7. The van der Waals surface area contributed by atoms with E-state index in [4.69, 9.17) is 4.74 Å². The van der Waals surface area contributed by atoms with E-state index in [-0.39, 0.29) is 48.6 Å². The number of carbonyl (C=O) groups excluding carboxylic acids is 1. The fourth-order valence-corrected chi connectivity index (χ4v) is 3.60. The summed E-state index contributed by atoms with van der Waals surface area (Å²) in [5, 5.41) is 22.0. The van der Waals surface area contributed by atoms with Gasteiger partial charge in [-0.3, -0.25) is 9.20 Å². The maximum absolute atomic E-state index is 14.0. The zero-order valence-corrected chi connectivity index (χ0v) is 18.9. The van der Waals surface area contributed by atoms with Gasteiger partial charge in [-0.05, 0) is 50.3 Å². The van der Waals surface area contributed by atoms with Crippen LogP contribution in [0.5, 0.6) is 5.75 Å². The Hall–Kier alpha value is -3.73. The number of aliphatic hydroxyl groups excluding tert-OH is 1. The number of ether oxygens (including phenoxy) is 1. The van der Waals surface area contributed by atoms with Crippen LogP contribution in [0.2, 0.25) is 0 Å². The van der Waals surface area contributed by atoms with Gasteiger partial charge in [-0.2, -0.15) is 4.80 Å². The molecule has 0 fully saturated rings. The number of aliphatic hydroxyl groups is 1. The first-order valence-corrected chi connectivity index (χ1v) is 10.8. The number of nitrogens with zero attached hydrogens (tertiary/aromatic N) is 6. The molecule has 0 amide bonds. The van der Waals surface area contributed by atoms with Crippen LogP contribution in [0, 0.1) is 18.6 Å². The number of tetrazole rings is 1. The lowest BCUT2D eigenvalue weighted by molar-refractivity contribution is 0.0951. The lowest BCUT2D eigenvalue weighted by Gasteiger charge is -2.11. The monoisotopic (exact) mass is 470 g/mol. The summed E-state index contributed by atoms with van der Waals surface area (Å²) in [6.07, 6.45) is 1.60. The minimum atomic E-state index is -0.708. The molecule has 0 saturated heterocycles. The first kappa shape index (κ1) is 23.4. The van der Waals surface area contributed by atoms with Crippen LogP contribution in [0.4, 0.5) is 8.78 Å². The number of imidazole rings is 1. The normalized spacial score (nSPS) is 12.4. The number of Topliss-reactive ketones (excluding diaryl/α,β-unsaturated/α-hetero) is 1. The number of aromatic nitrogens is 6. The van der Waals surface area contributed by atoms with E-state index in [0.717, 1.165) is 12.1 Å². The molecule has 1 N–H and O–H groups in total. The number of ketones is 1. The molecular weight excluding hydrogens is 446 g/mol. The number of halogens is 2. The van der Waals surface area contributed by atoms with Crippen molar-refractivity contribution in [1.82, 2.24) is 29.6 Å². The topological polar surface area (TPSA) is 107 Å². The highest BCUT2D eigenvalue weighted by atomic mass is 19.1. The van der Waals surface area contributed by atoms with Crippen molar-refractivity contribution < 1.29 is 23.4 Å². The zero-order chi connectivity index (χ0) is 24.4. The van der Waals surface area contributed by atoms with E-state index in [0.29, 0.717) is 17.0 Å². The van der Waals surface area contributed by atoms with Crippen molar-refractivity contribution in [3.8, 4) is 5.75 Å². The molecule has 34 heavy (non-hydrogen) atoms. The SMILES string of the molecule is Cc1nc2c(OCc3c(F)cccc3F)cccn2c1C(=O)C[C@@H](CO)c1nnn(C(C)C)n1. The second kappa shape index (κ2) is 9.64. The van der Waals surface area contributed by atoms with Crippen molar-refractivity contribution in [2.24, 2.45) is 0 Å². The number of carbonyl (C=O) groups is 1. The molecule has 11 heteroatoms. The quantitative estimate of drug-likeness (QED) is 0.374. The highest BCUT2D eigenvalue weighted by Gasteiger charge is 2.26. The van der Waals surface area contributed by atoms with Gasteiger partial charge >= 0.3 is 0 Å². The van der Waals surface area contributed by atoms with Gasteiger partial charge in [0.1, 0.15) is 23.9 Å². The Labute approximate surface area is 194 Å². The summed E-state index contributed by atoms with van der Waals surface area (Å²) >= 11 is 0. The third-order valence-electron chi connectivity index (χ3n) is 5.41. The van der Waals surface area contributed by atoms with Crippen molar-refractivity contribution in [3.63, 3.8) is 0 Å². The van der Waals surface area contributed by atoms with Crippen LogP contribution in [0.25, 0.3) is 5.65 Å². The lowest BCUT2D eigenvalue weighted by Crippen LogP contribution is -2.15. The Morgan fingerprint density at radius 2 is 1.91 bits per heavy atom. The maximum Gasteiger partial charge on any atom is 0.182 e. The predicted molar refractivity (Wildman–Crippen MR) is 118 cm³/mol. The lowest BCUT2D eigenvalue weighted by atomic mass is 10.0. The van der Waals surface area contributed by atoms with Crippen molar-refractivity contribution in [1.29, 1.82) is 0 Å². The Bertz CT molecular complexity index is 1310. The molecule has 0 unspecified atom stereocenters. The number of benzene rings is 1. The summed E-state index contributed by atoms with van der Waals surface area (Å²) in [6.45, 7) is 4.81. The molecule has 0 radical (unpaired) electrons. The van der Waals surface area contributed by atoms with Crippen LogP contribution in [0.15, 0.2) is 36.5 Å². The average molecular weight is 470 g/mol. The first-order chi connectivity index (χ1) is 16.3. The van der Waals surface area contributed by atoms with E-state index < -0.39 is 17.6 Å². The molecule has 9 nitrogen and oxygen atoms in total. The summed E-state index contributed by atoms with van der Waals surface area (Å²) in [5.41, 5.74) is 0.905. The van der Waals surface area contributed by atoms with Gasteiger partial charge in [0.25, 0.3) is 0 Å². The molecule has 0 saturated carbocycles. The smallest absolute Gasteiger partial charge is 0.182 e. The predicted octanol–water partition coefficient (Wildman–Crippen LogP) is 3.42. The average Bonchev–Trinajstić information content (AvgIpc) is 3.42. The Kier molecular flexibility index (Phi) is 6.64. The zero-order valence-electron chi connectivity index (χ0n) is 18.9. The minimum Gasteiger partial charge on any atom is -0.485 e. The second-order valence-electron chi connectivity index (χ2n) is 8.17. The summed E-state index contributed by atoms with van der Waals surface area (Å²) in [7, 11) is 0. The number of pyridine rings is 1. The standard InChI is InChI=1S/C23H24F2N6O3/c1-13(2)31-28-22(27-29-31)15(11-32)10-19(33)21-14(3)26-23-20(8-5-9-30(21)23)34-12-16-17(24)6-4-7-18(16)25/h4-9,13,15,32H,10-12H2,1-3H3/t15-/m0/s1. The van der Waals surface area contributed by atoms with E-state index in [1.54, 1.807) is 29.7 Å². The van der Waals surface area contributed by atoms with Gasteiger partial charge in [0.05, 0.1) is 29.8 Å². The molecule has 4 rings (SSSR count). The fourth-order valence-electron chi connectivity index (χ4n) is 3.60. The van der Waals surface area contributed by atoms with E-state index in [1.807, 2.05) is 13.8 Å². The fraction of sp³-hybridized carbons (Fsp3) is 0.348. The van der Waals surface area contributed by atoms with Crippen LogP contribution in [0.3, 0.4) is 0 Å². The van der Waals surface area contributed by atoms with Crippen molar-refractivity contribution in [2.45, 2.75) is 45.8 Å². The molecule has 0 aliphatic rings. The van der Waals surface area contributed by atoms with Gasteiger partial charge < -0.3 is 9.84 Å². The van der Waals surface area contributed by atoms with Gasteiger partial charge in [0.2, 0.25) is 0 Å². The number of aryl methyl sites for hydroxylation is 1. The third kappa shape index (κ3) is 4.51. The molecule has 4 aromatic rings. The summed E-state index contributed by atoms with van der Waals surface area (Å²) in [5.74, 6) is -1.77. The first-order valence-electron chi connectivity index (χ1n) is 10.8. The van der Waals surface area contributed by atoms with Gasteiger partial charge in [-0.15, -0.1) is 10.2 Å². The molecule has 1 atom stereocenters. The molecule has 3 heterocycles. The number of hydrogen-bond donors (Lipinski definition) is 1. The van der Waals surface area contributed by atoms with Crippen LogP contribution < -0.4 is 4.74 Å². The number of fused-ring (bicyclic) bond motifs is 1. The summed E-state index contributed by atoms with van der Waals surface area (Å²) < 4.78 is 35.2. The van der Waals surface area contributed by atoms with Gasteiger partial charge in [-0.25, -0.2) is 13.8 Å². The van der Waals surface area contributed by atoms with Gasteiger partial charge in [0.15, 0.2) is 23.0 Å². The van der Waals surface area contributed by atoms with Crippen LogP contribution in [-0.2, 0) is 6.61 Å². The maximum atomic E-state index is 14.0. The molecule has 178 valence electrons. The van der Waals surface area contributed by atoms with Crippen molar-refractivity contribution >= 4 is 11.4 Å². The van der Waals surface area contributed by atoms with Crippen LogP contribution in [0.1, 0.15) is 59.8 Å². The van der Waals surface area contributed by atoms with E-state index in [1.165, 1.54) is 10.9 Å². The largest absolute Gasteiger partial charge is 0.485 e. The molecular formula is C23H24F2N6O3. The van der Waals surface area contributed by atoms with Crippen LogP contribution >= 0.6 is 0 Å². The molecule has 3 aromatic heterocycles. The van der Waals surface area contributed by atoms with Gasteiger partial charge in [-0.1, -0.05) is 6.07 Å². The minimum absolute atomic E-state index is 0.00595. The summed E-state index contributed by atoms with van der Waals surface area (Å²) in [4.78, 5) is 19.1. The third-order valence-corrected chi connectivity index (χ3v) is 5.41. The second-order valence-corrected chi connectivity index (χ2v) is 8.17. The highest BCUT2D eigenvalue weighted by Crippen LogP contribution is 2.26. The van der Waals surface area contributed by atoms with E-state index >= 15 is 0 Å². The Morgan fingerprint density at radius 3 is 2.56 bits per heavy atom. The molecule has 1 aromatic carbocycles. The molecule has 0 aliphatic carbocycles. The van der Waals surface area contributed by atoms with Crippen LogP contribution in [-0.4, -0.2) is 47.1 Å². The Morgan fingerprint density at radius 1 is 1.18 bits per heavy atom. The van der Waals surface area contributed by atoms with Crippen molar-refractivity contribution in [3.05, 3.63) is 70.9 Å². The van der Waals surface area contributed by atoms with Gasteiger partial charge in [0, 0.05) is 12.6 Å². The van der Waals surface area contributed by atoms with Crippen molar-refractivity contribution in [2.75, 3.05) is 6.61 Å².